The third kappa shape index (κ3) is 3.57. The molecular weight excluding hydrogens is 370 g/mol. The summed E-state index contributed by atoms with van der Waals surface area (Å²) in [6, 6.07) is 14.8. The summed E-state index contributed by atoms with van der Waals surface area (Å²) in [7, 11) is 1.73. The van der Waals surface area contributed by atoms with Crippen LogP contribution in [-0.4, -0.2) is 36.3 Å². The van der Waals surface area contributed by atoms with Gasteiger partial charge in [0.05, 0.1) is 16.8 Å². The highest BCUT2D eigenvalue weighted by atomic mass is 32.1. The lowest BCUT2D eigenvalue weighted by Gasteiger charge is -2.09. The third-order valence-electron chi connectivity index (χ3n) is 4.67. The molecule has 0 saturated carbocycles. The molecule has 0 atom stereocenters. The van der Waals surface area contributed by atoms with Crippen molar-refractivity contribution in [1.82, 2.24) is 9.38 Å². The molecule has 0 amide bonds. The minimum absolute atomic E-state index is 0.665. The Hall–Kier alpha value is -2.57. The summed E-state index contributed by atoms with van der Waals surface area (Å²) in [4.78, 5) is 5.95. The summed E-state index contributed by atoms with van der Waals surface area (Å²) in [6.07, 6.45) is 0.938. The maximum absolute atomic E-state index is 5.66. The van der Waals surface area contributed by atoms with E-state index in [1.54, 1.807) is 18.4 Å². The van der Waals surface area contributed by atoms with Gasteiger partial charge in [0.25, 0.3) is 0 Å². The van der Waals surface area contributed by atoms with Gasteiger partial charge in [-0.1, -0.05) is 41.2 Å². The monoisotopic (exact) mass is 395 g/mol. The molecule has 1 N–H and O–H groups in total. The Morgan fingerprint density at radius 2 is 1.96 bits per heavy atom. The molecule has 0 radical (unpaired) electrons. The number of ether oxygens (including phenoxy) is 2. The highest BCUT2D eigenvalue weighted by Crippen LogP contribution is 2.37. The van der Waals surface area contributed by atoms with Gasteiger partial charge in [0.1, 0.15) is 17.3 Å². The third-order valence-corrected chi connectivity index (χ3v) is 5.68. The molecule has 6 heteroatoms. The zero-order valence-corrected chi connectivity index (χ0v) is 17.3. The van der Waals surface area contributed by atoms with Gasteiger partial charge in [0.2, 0.25) is 0 Å². The van der Waals surface area contributed by atoms with Crippen LogP contribution in [0, 0.1) is 6.92 Å². The van der Waals surface area contributed by atoms with Crippen molar-refractivity contribution in [1.29, 1.82) is 0 Å². The number of anilines is 1. The number of hydrogen-bond acceptors (Lipinski definition) is 5. The standard InChI is InChI=1S/C22H25N3O2S/c1-4-27-17-10-11-18-19(14-17)28-22-24-20(16-8-6-15(2)7-9-16)21(25(18)22)23-12-5-13-26-3/h6-11,14,23H,4-5,12-13H2,1-3H3. The van der Waals surface area contributed by atoms with Crippen molar-refractivity contribution in [3.05, 3.63) is 48.0 Å². The van der Waals surface area contributed by atoms with Gasteiger partial charge in [0, 0.05) is 25.8 Å². The first-order valence-corrected chi connectivity index (χ1v) is 10.4. The molecule has 5 nitrogen and oxygen atoms in total. The van der Waals surface area contributed by atoms with E-state index in [0.717, 1.165) is 52.9 Å². The molecule has 2 aromatic heterocycles. The predicted octanol–water partition coefficient (Wildman–Crippen LogP) is 5.37. The number of nitrogens with one attached hydrogen (secondary N) is 1. The highest BCUT2D eigenvalue weighted by Gasteiger charge is 2.18. The molecular formula is C22H25N3O2S. The quantitative estimate of drug-likeness (QED) is 0.407. The largest absolute Gasteiger partial charge is 0.494 e. The van der Waals surface area contributed by atoms with Crippen molar-refractivity contribution in [2.24, 2.45) is 0 Å². The van der Waals surface area contributed by atoms with E-state index in [9.17, 15) is 0 Å². The first kappa shape index (κ1) is 18.8. The topological polar surface area (TPSA) is 47.8 Å². The summed E-state index contributed by atoms with van der Waals surface area (Å²) in [5, 5.41) is 3.60. The number of rotatable bonds is 8. The molecule has 0 spiro atoms. The first-order valence-electron chi connectivity index (χ1n) is 9.59. The van der Waals surface area contributed by atoms with Crippen molar-refractivity contribution < 1.29 is 9.47 Å². The molecule has 0 bridgehead atoms. The van der Waals surface area contributed by atoms with Crippen LogP contribution in [0.3, 0.4) is 0 Å². The number of hydrogen-bond donors (Lipinski definition) is 1. The van der Waals surface area contributed by atoms with Crippen LogP contribution in [0.15, 0.2) is 42.5 Å². The van der Waals surface area contributed by atoms with Crippen LogP contribution in [0.4, 0.5) is 5.82 Å². The van der Waals surface area contributed by atoms with Gasteiger partial charge in [-0.25, -0.2) is 4.98 Å². The van der Waals surface area contributed by atoms with E-state index < -0.39 is 0 Å². The Morgan fingerprint density at radius 1 is 1.14 bits per heavy atom. The summed E-state index contributed by atoms with van der Waals surface area (Å²) in [5.74, 6) is 1.93. The lowest BCUT2D eigenvalue weighted by Crippen LogP contribution is -2.07. The van der Waals surface area contributed by atoms with E-state index in [1.807, 2.05) is 13.0 Å². The highest BCUT2D eigenvalue weighted by molar-refractivity contribution is 7.23. The normalized spacial score (nSPS) is 11.4. The number of nitrogens with zero attached hydrogens (tertiary/aromatic N) is 2. The summed E-state index contributed by atoms with van der Waals surface area (Å²) >= 11 is 1.69. The Balaban J connectivity index is 1.82. The molecule has 0 unspecified atom stereocenters. The SMILES string of the molecule is CCOc1ccc2c(c1)sc1nc(-c3ccc(C)cc3)c(NCCCOC)n12. The smallest absolute Gasteiger partial charge is 0.197 e. The molecule has 0 saturated heterocycles. The molecule has 28 heavy (non-hydrogen) atoms. The van der Waals surface area contributed by atoms with E-state index in [0.29, 0.717) is 6.61 Å². The van der Waals surface area contributed by atoms with E-state index in [-0.39, 0.29) is 0 Å². The van der Waals surface area contributed by atoms with E-state index in [2.05, 4.69) is 53.0 Å². The second kappa shape index (κ2) is 8.20. The second-order valence-electron chi connectivity index (χ2n) is 6.73. The number of imidazole rings is 1. The number of fused-ring (bicyclic) bond motifs is 3. The Kier molecular flexibility index (Phi) is 5.50. The van der Waals surface area contributed by atoms with Gasteiger partial charge in [0.15, 0.2) is 4.96 Å². The maximum atomic E-state index is 5.66. The molecule has 4 rings (SSSR count). The van der Waals surface area contributed by atoms with Crippen LogP contribution >= 0.6 is 11.3 Å². The fourth-order valence-electron chi connectivity index (χ4n) is 3.31. The number of methoxy groups -OCH3 is 1. The zero-order valence-electron chi connectivity index (χ0n) is 16.5. The average Bonchev–Trinajstić information content (AvgIpc) is 3.22. The van der Waals surface area contributed by atoms with Gasteiger partial charge in [-0.05, 0) is 38.5 Å². The van der Waals surface area contributed by atoms with Crippen LogP contribution in [0.2, 0.25) is 0 Å². The van der Waals surface area contributed by atoms with Crippen LogP contribution in [-0.2, 0) is 4.74 Å². The van der Waals surface area contributed by atoms with Gasteiger partial charge in [-0.3, -0.25) is 4.40 Å². The average molecular weight is 396 g/mol. The van der Waals surface area contributed by atoms with Crippen molar-refractivity contribution in [2.75, 3.05) is 32.2 Å². The first-order chi connectivity index (χ1) is 13.7. The number of aryl methyl sites for hydroxylation is 1. The van der Waals surface area contributed by atoms with Crippen LogP contribution in [0.5, 0.6) is 5.75 Å². The van der Waals surface area contributed by atoms with Crippen molar-refractivity contribution >= 4 is 32.3 Å². The van der Waals surface area contributed by atoms with Crippen molar-refractivity contribution in [3.8, 4) is 17.0 Å². The molecule has 2 aromatic carbocycles. The fourth-order valence-corrected chi connectivity index (χ4v) is 4.36. The summed E-state index contributed by atoms with van der Waals surface area (Å²) in [6.45, 7) is 6.33. The van der Waals surface area contributed by atoms with Crippen LogP contribution in [0.1, 0.15) is 18.9 Å². The molecule has 0 aliphatic heterocycles. The Bertz CT molecular complexity index is 1080. The van der Waals surface area contributed by atoms with E-state index >= 15 is 0 Å². The maximum Gasteiger partial charge on any atom is 0.197 e. The summed E-state index contributed by atoms with van der Waals surface area (Å²) < 4.78 is 14.2. The summed E-state index contributed by atoms with van der Waals surface area (Å²) in [5.41, 5.74) is 4.49. The molecule has 0 aliphatic rings. The molecule has 2 heterocycles. The lowest BCUT2D eigenvalue weighted by molar-refractivity contribution is 0.198. The van der Waals surface area contributed by atoms with Gasteiger partial charge in [-0.15, -0.1) is 0 Å². The molecule has 4 aromatic rings. The van der Waals surface area contributed by atoms with Gasteiger partial charge >= 0.3 is 0 Å². The van der Waals surface area contributed by atoms with Crippen LogP contribution in [0.25, 0.3) is 26.4 Å². The zero-order chi connectivity index (χ0) is 19.5. The second-order valence-corrected chi connectivity index (χ2v) is 7.74. The van der Waals surface area contributed by atoms with E-state index in [4.69, 9.17) is 14.5 Å². The fraction of sp³-hybridized carbons (Fsp3) is 0.318. The molecule has 146 valence electrons. The van der Waals surface area contributed by atoms with Crippen LogP contribution < -0.4 is 10.1 Å². The van der Waals surface area contributed by atoms with Crippen molar-refractivity contribution in [2.45, 2.75) is 20.3 Å². The lowest BCUT2D eigenvalue weighted by atomic mass is 10.1. The number of aromatic nitrogens is 2. The minimum Gasteiger partial charge on any atom is -0.494 e. The minimum atomic E-state index is 0.665. The Labute approximate surface area is 168 Å². The predicted molar refractivity (Wildman–Crippen MR) is 117 cm³/mol. The molecule has 0 fully saturated rings. The number of thiazole rings is 1. The van der Waals surface area contributed by atoms with E-state index in [1.165, 1.54) is 10.3 Å². The Morgan fingerprint density at radius 3 is 2.71 bits per heavy atom. The van der Waals surface area contributed by atoms with Gasteiger partial charge in [-0.2, -0.15) is 0 Å². The van der Waals surface area contributed by atoms with Crippen molar-refractivity contribution in [3.63, 3.8) is 0 Å². The van der Waals surface area contributed by atoms with Gasteiger partial charge < -0.3 is 14.8 Å². The molecule has 0 aliphatic carbocycles. The number of benzene rings is 2.